The second kappa shape index (κ2) is 12.4. The molecular weight excluding hydrogens is 372 g/mol. The largest absolute Gasteiger partial charge is 0.353 e. The Morgan fingerprint density at radius 1 is 1.07 bits per heavy atom. The molecule has 2 saturated heterocycles. The SMILES string of the molecule is O=C(CCC/C=C\CC1=CC(OC2CCCCO2)CC1=O)COC1CCCCO1. The molecule has 3 atom stereocenters. The fourth-order valence-corrected chi connectivity index (χ4v) is 3.82. The summed E-state index contributed by atoms with van der Waals surface area (Å²) >= 11 is 0. The first-order chi connectivity index (χ1) is 14.2. The standard InChI is InChI=1S/C23H34O6/c24-19(17-28-22-11-5-7-13-26-22)10-4-2-1-3-9-18-15-20(16-21(18)25)29-23-12-6-8-14-27-23/h1,3,15,20,22-23H,2,4-14,16-17H2/b3-1-. The van der Waals surface area contributed by atoms with Gasteiger partial charge in [0.1, 0.15) is 6.61 Å². The second-order valence-corrected chi connectivity index (χ2v) is 8.00. The van der Waals surface area contributed by atoms with Crippen LogP contribution in [0.25, 0.3) is 0 Å². The average Bonchev–Trinajstić information content (AvgIpc) is 3.09. The van der Waals surface area contributed by atoms with E-state index in [2.05, 4.69) is 0 Å². The van der Waals surface area contributed by atoms with Crippen LogP contribution >= 0.6 is 0 Å². The molecule has 0 spiro atoms. The van der Waals surface area contributed by atoms with Crippen molar-refractivity contribution in [3.8, 4) is 0 Å². The second-order valence-electron chi connectivity index (χ2n) is 8.00. The molecule has 0 aromatic rings. The third-order valence-electron chi connectivity index (χ3n) is 5.50. The molecule has 0 N–H and O–H groups in total. The molecule has 0 aromatic carbocycles. The van der Waals surface area contributed by atoms with E-state index in [9.17, 15) is 9.59 Å². The lowest BCUT2D eigenvalue weighted by atomic mass is 10.1. The minimum absolute atomic E-state index is 0.117. The zero-order chi connectivity index (χ0) is 20.3. The molecule has 0 bridgehead atoms. The molecule has 1 aliphatic carbocycles. The molecule has 2 fully saturated rings. The van der Waals surface area contributed by atoms with E-state index < -0.39 is 0 Å². The number of rotatable bonds is 11. The summed E-state index contributed by atoms with van der Waals surface area (Å²) in [7, 11) is 0. The van der Waals surface area contributed by atoms with Crippen LogP contribution in [0.3, 0.4) is 0 Å². The first-order valence-corrected chi connectivity index (χ1v) is 11.1. The van der Waals surface area contributed by atoms with Crippen LogP contribution < -0.4 is 0 Å². The molecule has 3 unspecified atom stereocenters. The molecule has 0 aromatic heterocycles. The van der Waals surface area contributed by atoms with Gasteiger partial charge < -0.3 is 18.9 Å². The van der Waals surface area contributed by atoms with Crippen molar-refractivity contribution in [1.82, 2.24) is 0 Å². The Kier molecular flexibility index (Phi) is 9.54. The molecule has 0 amide bonds. The van der Waals surface area contributed by atoms with Gasteiger partial charge in [0.25, 0.3) is 0 Å². The molecule has 6 heteroatoms. The van der Waals surface area contributed by atoms with Crippen LogP contribution in [0, 0.1) is 0 Å². The van der Waals surface area contributed by atoms with Crippen molar-refractivity contribution in [2.45, 2.75) is 89.3 Å². The highest BCUT2D eigenvalue weighted by atomic mass is 16.7. The van der Waals surface area contributed by atoms with Crippen molar-refractivity contribution in [2.75, 3.05) is 19.8 Å². The van der Waals surface area contributed by atoms with Gasteiger partial charge in [-0.05, 0) is 69.4 Å². The Morgan fingerprint density at radius 3 is 2.55 bits per heavy atom. The van der Waals surface area contributed by atoms with Crippen molar-refractivity contribution >= 4 is 11.6 Å². The molecule has 162 valence electrons. The van der Waals surface area contributed by atoms with Crippen LogP contribution in [0.5, 0.6) is 0 Å². The predicted octanol–water partition coefficient (Wildman–Crippen LogP) is 4.03. The maximum Gasteiger partial charge on any atom is 0.161 e. The quantitative estimate of drug-likeness (QED) is 0.381. The lowest BCUT2D eigenvalue weighted by Gasteiger charge is -2.24. The van der Waals surface area contributed by atoms with Gasteiger partial charge in [-0.1, -0.05) is 12.2 Å². The van der Waals surface area contributed by atoms with Gasteiger partial charge in [-0.2, -0.15) is 0 Å². The van der Waals surface area contributed by atoms with Gasteiger partial charge in [0.05, 0.1) is 6.10 Å². The molecular formula is C23H34O6. The van der Waals surface area contributed by atoms with Gasteiger partial charge in [-0.15, -0.1) is 0 Å². The lowest BCUT2D eigenvalue weighted by molar-refractivity contribution is -0.178. The molecule has 3 rings (SSSR count). The number of allylic oxidation sites excluding steroid dienone is 3. The summed E-state index contributed by atoms with van der Waals surface area (Å²) in [5, 5.41) is 0. The molecule has 0 saturated carbocycles. The third-order valence-corrected chi connectivity index (χ3v) is 5.50. The fourth-order valence-electron chi connectivity index (χ4n) is 3.82. The van der Waals surface area contributed by atoms with Crippen LogP contribution in [0.1, 0.15) is 70.6 Å². The van der Waals surface area contributed by atoms with Crippen molar-refractivity contribution in [1.29, 1.82) is 0 Å². The summed E-state index contributed by atoms with van der Waals surface area (Å²) in [5.41, 5.74) is 0.819. The first-order valence-electron chi connectivity index (χ1n) is 11.1. The van der Waals surface area contributed by atoms with Crippen molar-refractivity contribution in [3.63, 3.8) is 0 Å². The smallest absolute Gasteiger partial charge is 0.161 e. The Morgan fingerprint density at radius 2 is 1.83 bits per heavy atom. The van der Waals surface area contributed by atoms with Crippen LogP contribution in [-0.2, 0) is 28.5 Å². The average molecular weight is 407 g/mol. The van der Waals surface area contributed by atoms with Gasteiger partial charge in [-0.3, -0.25) is 9.59 Å². The normalized spacial score (nSPS) is 28.1. The van der Waals surface area contributed by atoms with Crippen molar-refractivity contribution in [3.05, 3.63) is 23.8 Å². The summed E-state index contributed by atoms with van der Waals surface area (Å²) in [4.78, 5) is 24.0. The number of hydrogen-bond acceptors (Lipinski definition) is 6. The Balaban J connectivity index is 1.26. The Hall–Kier alpha value is -1.34. The zero-order valence-electron chi connectivity index (χ0n) is 17.3. The van der Waals surface area contributed by atoms with E-state index in [1.165, 1.54) is 0 Å². The molecule has 0 radical (unpaired) electrons. The van der Waals surface area contributed by atoms with Gasteiger partial charge in [0.15, 0.2) is 24.1 Å². The highest BCUT2D eigenvalue weighted by molar-refractivity contribution is 5.98. The number of carbonyl (C=O) groups is 2. The molecule has 2 aliphatic heterocycles. The summed E-state index contributed by atoms with van der Waals surface area (Å²) < 4.78 is 22.4. The minimum atomic E-state index is -0.206. The van der Waals surface area contributed by atoms with Crippen molar-refractivity contribution in [2.24, 2.45) is 0 Å². The Labute approximate surface area is 173 Å². The topological polar surface area (TPSA) is 71.1 Å². The third kappa shape index (κ3) is 8.13. The summed E-state index contributed by atoms with van der Waals surface area (Å²) in [5.74, 6) is 0.277. The van der Waals surface area contributed by atoms with E-state index >= 15 is 0 Å². The predicted molar refractivity (Wildman–Crippen MR) is 108 cm³/mol. The minimum Gasteiger partial charge on any atom is -0.353 e. The summed E-state index contributed by atoms with van der Waals surface area (Å²) in [6, 6.07) is 0. The number of ketones is 2. The van der Waals surface area contributed by atoms with E-state index in [1.807, 2.05) is 18.2 Å². The highest BCUT2D eigenvalue weighted by Gasteiger charge is 2.27. The van der Waals surface area contributed by atoms with Gasteiger partial charge in [0.2, 0.25) is 0 Å². The molecule has 2 heterocycles. The van der Waals surface area contributed by atoms with Crippen molar-refractivity contribution < 1.29 is 28.5 Å². The number of Topliss-reactive ketones (excluding diaryl/α,β-unsaturated/α-hetero) is 2. The van der Waals surface area contributed by atoms with Crippen LogP contribution in [-0.4, -0.2) is 50.1 Å². The van der Waals surface area contributed by atoms with E-state index in [4.69, 9.17) is 18.9 Å². The fraction of sp³-hybridized carbons (Fsp3) is 0.739. The van der Waals surface area contributed by atoms with Crippen LogP contribution in [0.4, 0.5) is 0 Å². The van der Waals surface area contributed by atoms with Crippen LogP contribution in [0.2, 0.25) is 0 Å². The first kappa shape index (κ1) is 22.3. The number of hydrogen-bond donors (Lipinski definition) is 0. The maximum atomic E-state index is 12.1. The number of unbranched alkanes of at least 4 members (excludes halogenated alkanes) is 1. The van der Waals surface area contributed by atoms with E-state index in [-0.39, 0.29) is 36.9 Å². The summed E-state index contributed by atoms with van der Waals surface area (Å²) in [6.45, 7) is 1.61. The lowest BCUT2D eigenvalue weighted by Crippen LogP contribution is -2.26. The van der Waals surface area contributed by atoms with E-state index in [1.54, 1.807) is 0 Å². The zero-order valence-corrected chi connectivity index (χ0v) is 17.3. The van der Waals surface area contributed by atoms with Gasteiger partial charge in [0, 0.05) is 26.1 Å². The maximum absolute atomic E-state index is 12.1. The van der Waals surface area contributed by atoms with Gasteiger partial charge in [-0.25, -0.2) is 0 Å². The van der Waals surface area contributed by atoms with Gasteiger partial charge >= 0.3 is 0 Å². The highest BCUT2D eigenvalue weighted by Crippen LogP contribution is 2.24. The molecule has 3 aliphatic rings. The summed E-state index contributed by atoms with van der Waals surface area (Å²) in [6.07, 6.45) is 14.8. The Bertz CT molecular complexity index is 584. The number of carbonyl (C=O) groups excluding carboxylic acids is 2. The van der Waals surface area contributed by atoms with Crippen LogP contribution in [0.15, 0.2) is 23.8 Å². The van der Waals surface area contributed by atoms with E-state index in [0.717, 1.165) is 70.2 Å². The molecule has 29 heavy (non-hydrogen) atoms. The van der Waals surface area contributed by atoms with E-state index in [0.29, 0.717) is 19.3 Å². The monoisotopic (exact) mass is 406 g/mol. The number of ether oxygens (including phenoxy) is 4. The molecule has 6 nitrogen and oxygen atoms in total.